The van der Waals surface area contributed by atoms with Crippen molar-refractivity contribution in [1.29, 1.82) is 0 Å². The Labute approximate surface area is 145 Å². The topological polar surface area (TPSA) is 75.2 Å². The van der Waals surface area contributed by atoms with E-state index in [1.807, 2.05) is 0 Å². The first kappa shape index (κ1) is 19.0. The third-order valence-corrected chi connectivity index (χ3v) is 4.82. The van der Waals surface area contributed by atoms with Crippen LogP contribution in [0.1, 0.15) is 38.5 Å². The van der Waals surface area contributed by atoms with Gasteiger partial charge in [-0.2, -0.15) is 0 Å². The van der Waals surface area contributed by atoms with Crippen LogP contribution in [-0.2, 0) is 14.3 Å². The Bertz CT molecular complexity index is 434. The summed E-state index contributed by atoms with van der Waals surface area (Å²) in [4.78, 5) is 17.8. The van der Waals surface area contributed by atoms with Crippen molar-refractivity contribution in [2.75, 3.05) is 47.5 Å². The van der Waals surface area contributed by atoms with Crippen molar-refractivity contribution in [1.82, 2.24) is 15.5 Å². The van der Waals surface area contributed by atoms with Crippen molar-refractivity contribution in [2.24, 2.45) is 4.99 Å². The summed E-state index contributed by atoms with van der Waals surface area (Å²) in [7, 11) is 5.15. The van der Waals surface area contributed by atoms with E-state index in [-0.39, 0.29) is 18.1 Å². The predicted octanol–water partition coefficient (Wildman–Crippen LogP) is 0.748. The van der Waals surface area contributed by atoms with Crippen molar-refractivity contribution >= 4 is 11.9 Å². The molecule has 2 rings (SSSR count). The van der Waals surface area contributed by atoms with Gasteiger partial charge in [0.15, 0.2) is 5.96 Å². The largest absolute Gasteiger partial charge is 0.383 e. The number of carbonyl (C=O) groups excluding carboxylic acids is 1. The second-order valence-electron chi connectivity index (χ2n) is 6.95. The summed E-state index contributed by atoms with van der Waals surface area (Å²) in [5.74, 6) is 0.671. The highest BCUT2D eigenvalue weighted by molar-refractivity contribution is 5.84. The normalized spacial score (nSPS) is 23.3. The molecule has 1 saturated heterocycles. The third kappa shape index (κ3) is 5.63. The van der Waals surface area contributed by atoms with E-state index in [4.69, 9.17) is 9.47 Å². The Morgan fingerprint density at radius 1 is 1.38 bits per heavy atom. The van der Waals surface area contributed by atoms with Gasteiger partial charge in [0.05, 0.1) is 12.2 Å². The number of nitrogens with zero attached hydrogens (tertiary/aromatic N) is 2. The van der Waals surface area contributed by atoms with E-state index in [1.54, 1.807) is 26.1 Å². The zero-order valence-corrected chi connectivity index (χ0v) is 15.3. The van der Waals surface area contributed by atoms with Crippen molar-refractivity contribution in [2.45, 2.75) is 50.2 Å². The summed E-state index contributed by atoms with van der Waals surface area (Å²) in [6, 6.07) is 0.333. The van der Waals surface area contributed by atoms with Gasteiger partial charge in [-0.15, -0.1) is 0 Å². The minimum absolute atomic E-state index is 0.0120. The van der Waals surface area contributed by atoms with E-state index in [0.29, 0.717) is 25.2 Å². The molecule has 138 valence electrons. The predicted molar refractivity (Wildman–Crippen MR) is 94.2 cm³/mol. The van der Waals surface area contributed by atoms with Gasteiger partial charge >= 0.3 is 0 Å². The summed E-state index contributed by atoms with van der Waals surface area (Å²) in [6.07, 6.45) is 6.82. The van der Waals surface area contributed by atoms with Crippen LogP contribution in [0.5, 0.6) is 0 Å². The Morgan fingerprint density at radius 3 is 2.79 bits per heavy atom. The number of nitrogens with one attached hydrogen (secondary N) is 2. The second-order valence-corrected chi connectivity index (χ2v) is 6.95. The molecule has 0 aromatic carbocycles. The molecule has 1 saturated carbocycles. The van der Waals surface area contributed by atoms with Gasteiger partial charge in [0.1, 0.15) is 6.54 Å². The van der Waals surface area contributed by atoms with Crippen molar-refractivity contribution in [3.05, 3.63) is 0 Å². The lowest BCUT2D eigenvalue weighted by Crippen LogP contribution is -2.51. The number of methoxy groups -OCH3 is 1. The lowest BCUT2D eigenvalue weighted by atomic mass is 9.89. The fraction of sp³-hybridized carbons (Fsp3) is 0.882. The standard InChI is InChI=1S/C17H32N4O3/c1-21(2)15(22)13-19-16(18-9-11-23-3)20-14-6-10-24-17(12-14)7-4-5-8-17/h14H,4-13H2,1-3H3,(H2,18,19,20). The molecule has 2 N–H and O–H groups in total. The monoisotopic (exact) mass is 340 g/mol. The number of rotatable bonds is 6. The molecule has 0 aromatic rings. The lowest BCUT2D eigenvalue weighted by molar-refractivity contribution is -0.127. The zero-order chi connectivity index (χ0) is 17.4. The lowest BCUT2D eigenvalue weighted by Gasteiger charge is -2.39. The molecular weight excluding hydrogens is 308 g/mol. The first-order chi connectivity index (χ1) is 11.5. The van der Waals surface area contributed by atoms with Gasteiger partial charge in [-0.05, 0) is 25.7 Å². The van der Waals surface area contributed by atoms with Gasteiger partial charge in [0.2, 0.25) is 5.91 Å². The van der Waals surface area contributed by atoms with E-state index in [0.717, 1.165) is 32.3 Å². The highest BCUT2D eigenvalue weighted by Crippen LogP contribution is 2.39. The maximum Gasteiger partial charge on any atom is 0.243 e. The number of likely N-dealkylation sites (N-methyl/N-ethyl adjacent to an activating group) is 1. The SMILES string of the molecule is COCCNC(=NCC(=O)N(C)C)NC1CCOC2(CCCC2)C1. The van der Waals surface area contributed by atoms with E-state index in [9.17, 15) is 4.79 Å². The number of aliphatic imine (C=N–C) groups is 1. The molecule has 2 fully saturated rings. The smallest absolute Gasteiger partial charge is 0.243 e. The van der Waals surface area contributed by atoms with Crippen molar-refractivity contribution in [3.8, 4) is 0 Å². The molecular formula is C17H32N4O3. The highest BCUT2D eigenvalue weighted by Gasteiger charge is 2.40. The molecule has 1 amide bonds. The molecule has 1 spiro atoms. The van der Waals surface area contributed by atoms with Crippen LogP contribution in [0.2, 0.25) is 0 Å². The van der Waals surface area contributed by atoms with E-state index in [1.165, 1.54) is 12.8 Å². The molecule has 7 heteroatoms. The molecule has 0 radical (unpaired) electrons. The van der Waals surface area contributed by atoms with Crippen LogP contribution in [0, 0.1) is 0 Å². The number of ether oxygens (including phenoxy) is 2. The second kappa shape index (κ2) is 9.22. The molecule has 1 heterocycles. The number of hydrogen-bond donors (Lipinski definition) is 2. The van der Waals surface area contributed by atoms with Crippen LogP contribution in [0.15, 0.2) is 4.99 Å². The Hall–Kier alpha value is -1.34. The van der Waals surface area contributed by atoms with E-state index >= 15 is 0 Å². The molecule has 24 heavy (non-hydrogen) atoms. The van der Waals surface area contributed by atoms with Crippen LogP contribution in [0.3, 0.4) is 0 Å². The summed E-state index contributed by atoms with van der Waals surface area (Å²) in [6.45, 7) is 2.19. The van der Waals surface area contributed by atoms with Crippen LogP contribution in [0.25, 0.3) is 0 Å². The van der Waals surface area contributed by atoms with Crippen molar-refractivity contribution < 1.29 is 14.3 Å². The highest BCUT2D eigenvalue weighted by atomic mass is 16.5. The molecule has 0 aromatic heterocycles. The third-order valence-electron chi connectivity index (χ3n) is 4.82. The van der Waals surface area contributed by atoms with E-state index in [2.05, 4.69) is 15.6 Å². The molecule has 0 bridgehead atoms. The number of amides is 1. The van der Waals surface area contributed by atoms with Crippen LogP contribution in [-0.4, -0.2) is 75.9 Å². The van der Waals surface area contributed by atoms with Gasteiger partial charge in [0.25, 0.3) is 0 Å². The summed E-state index contributed by atoms with van der Waals surface area (Å²) in [5, 5.41) is 6.74. The molecule has 7 nitrogen and oxygen atoms in total. The first-order valence-corrected chi connectivity index (χ1v) is 8.92. The summed E-state index contributed by atoms with van der Waals surface area (Å²) >= 11 is 0. The molecule has 2 aliphatic rings. The minimum atomic E-state index is -0.0120. The minimum Gasteiger partial charge on any atom is -0.383 e. The Balaban J connectivity index is 1.92. The van der Waals surface area contributed by atoms with Crippen LogP contribution >= 0.6 is 0 Å². The van der Waals surface area contributed by atoms with Gasteiger partial charge in [-0.1, -0.05) is 12.8 Å². The average molecular weight is 340 g/mol. The fourth-order valence-corrected chi connectivity index (χ4v) is 3.42. The fourth-order valence-electron chi connectivity index (χ4n) is 3.42. The summed E-state index contributed by atoms with van der Waals surface area (Å²) in [5.41, 5.74) is 0.0625. The van der Waals surface area contributed by atoms with Crippen molar-refractivity contribution in [3.63, 3.8) is 0 Å². The van der Waals surface area contributed by atoms with E-state index < -0.39 is 0 Å². The Morgan fingerprint density at radius 2 is 2.12 bits per heavy atom. The molecule has 1 aliphatic carbocycles. The van der Waals surface area contributed by atoms with Crippen LogP contribution < -0.4 is 10.6 Å². The van der Waals surface area contributed by atoms with Gasteiger partial charge < -0.3 is 25.0 Å². The van der Waals surface area contributed by atoms with Gasteiger partial charge in [0, 0.05) is 40.4 Å². The molecule has 1 unspecified atom stereocenters. The number of guanidine groups is 1. The quantitative estimate of drug-likeness (QED) is 0.424. The number of hydrogen-bond acceptors (Lipinski definition) is 4. The first-order valence-electron chi connectivity index (χ1n) is 8.92. The van der Waals surface area contributed by atoms with Crippen LogP contribution in [0.4, 0.5) is 0 Å². The van der Waals surface area contributed by atoms with Gasteiger partial charge in [-0.25, -0.2) is 4.99 Å². The summed E-state index contributed by atoms with van der Waals surface area (Å²) < 4.78 is 11.2. The average Bonchev–Trinajstić information content (AvgIpc) is 2.99. The maximum atomic E-state index is 11.8. The maximum absolute atomic E-state index is 11.8. The molecule has 1 atom stereocenters. The zero-order valence-electron chi connectivity index (χ0n) is 15.3. The molecule has 1 aliphatic heterocycles. The number of carbonyl (C=O) groups is 1. The van der Waals surface area contributed by atoms with Gasteiger partial charge in [-0.3, -0.25) is 4.79 Å². The Kier molecular flexibility index (Phi) is 7.30.